The number of amides is 1. The van der Waals surface area contributed by atoms with Crippen LogP contribution >= 0.6 is 11.6 Å². The van der Waals surface area contributed by atoms with Crippen LogP contribution in [0.25, 0.3) is 21.9 Å². The minimum atomic E-state index is -0.191. The van der Waals surface area contributed by atoms with Crippen LogP contribution in [0.2, 0.25) is 5.02 Å². The molecule has 1 amide bonds. The monoisotopic (exact) mass is 337 g/mol. The van der Waals surface area contributed by atoms with Crippen LogP contribution in [0.4, 0.5) is 5.69 Å². The molecule has 2 aromatic carbocycles. The first-order valence-corrected chi connectivity index (χ1v) is 7.76. The average molecular weight is 338 g/mol. The van der Waals surface area contributed by atoms with Crippen molar-refractivity contribution in [1.29, 1.82) is 0 Å². The fraction of sp³-hybridized carbons (Fsp3) is 0.0556. The van der Waals surface area contributed by atoms with E-state index < -0.39 is 0 Å². The van der Waals surface area contributed by atoms with Crippen molar-refractivity contribution in [2.24, 2.45) is 0 Å². The first-order valence-electron chi connectivity index (χ1n) is 7.39. The van der Waals surface area contributed by atoms with E-state index >= 15 is 0 Å². The van der Waals surface area contributed by atoms with Crippen LogP contribution in [-0.4, -0.2) is 16.0 Å². The van der Waals surface area contributed by atoms with Crippen LogP contribution in [0.1, 0.15) is 5.69 Å². The van der Waals surface area contributed by atoms with Crippen molar-refractivity contribution in [2.75, 3.05) is 5.32 Å². The SMILES string of the molecule is O=C(Cc1noc2ccccc12)Nc1ccc(Cl)c2cccnc12. The third kappa shape index (κ3) is 2.59. The van der Waals surface area contributed by atoms with Gasteiger partial charge < -0.3 is 9.84 Å². The Bertz CT molecular complexity index is 1060. The molecule has 2 heterocycles. The maximum atomic E-state index is 12.4. The quantitative estimate of drug-likeness (QED) is 0.608. The summed E-state index contributed by atoms with van der Waals surface area (Å²) < 4.78 is 5.23. The largest absolute Gasteiger partial charge is 0.356 e. The number of fused-ring (bicyclic) bond motifs is 2. The molecule has 0 unspecified atom stereocenters. The summed E-state index contributed by atoms with van der Waals surface area (Å²) in [6.07, 6.45) is 1.79. The Morgan fingerprint density at radius 3 is 2.83 bits per heavy atom. The van der Waals surface area contributed by atoms with Gasteiger partial charge in [0.25, 0.3) is 0 Å². The number of benzene rings is 2. The number of hydrogen-bond acceptors (Lipinski definition) is 4. The van der Waals surface area contributed by atoms with Crippen molar-refractivity contribution in [1.82, 2.24) is 10.1 Å². The van der Waals surface area contributed by atoms with Gasteiger partial charge in [0, 0.05) is 17.0 Å². The van der Waals surface area contributed by atoms with Gasteiger partial charge in [-0.2, -0.15) is 0 Å². The molecule has 24 heavy (non-hydrogen) atoms. The minimum Gasteiger partial charge on any atom is -0.356 e. The summed E-state index contributed by atoms with van der Waals surface area (Å²) in [6.45, 7) is 0. The number of pyridine rings is 1. The Hall–Kier alpha value is -2.92. The molecule has 0 aliphatic carbocycles. The summed E-state index contributed by atoms with van der Waals surface area (Å²) in [6, 6.07) is 14.6. The molecule has 0 fully saturated rings. The molecule has 0 radical (unpaired) electrons. The van der Waals surface area contributed by atoms with E-state index in [0.717, 1.165) is 10.8 Å². The summed E-state index contributed by atoms with van der Waals surface area (Å²) in [7, 11) is 0. The Balaban J connectivity index is 1.62. The number of carbonyl (C=O) groups excluding carboxylic acids is 1. The van der Waals surface area contributed by atoms with Gasteiger partial charge in [-0.05, 0) is 36.4 Å². The molecule has 0 spiro atoms. The maximum absolute atomic E-state index is 12.4. The molecule has 118 valence electrons. The van der Waals surface area contributed by atoms with Crippen molar-refractivity contribution >= 4 is 45.1 Å². The molecule has 4 rings (SSSR count). The molecule has 0 bridgehead atoms. The standard InChI is InChI=1S/C18H12ClN3O2/c19-13-7-8-14(18-11(13)5-3-9-20-18)21-17(23)10-15-12-4-1-2-6-16(12)24-22-15/h1-9H,10H2,(H,21,23). The van der Waals surface area contributed by atoms with E-state index in [1.165, 1.54) is 0 Å². The molecular formula is C18H12ClN3O2. The number of hydrogen-bond donors (Lipinski definition) is 1. The minimum absolute atomic E-state index is 0.119. The molecule has 0 aliphatic heterocycles. The summed E-state index contributed by atoms with van der Waals surface area (Å²) in [5.74, 6) is -0.191. The number of anilines is 1. The smallest absolute Gasteiger partial charge is 0.230 e. The van der Waals surface area contributed by atoms with Gasteiger partial charge in [-0.1, -0.05) is 28.9 Å². The van der Waals surface area contributed by atoms with E-state index in [4.69, 9.17) is 16.1 Å². The van der Waals surface area contributed by atoms with E-state index in [1.54, 1.807) is 24.4 Å². The second-order valence-corrected chi connectivity index (χ2v) is 5.75. The highest BCUT2D eigenvalue weighted by Gasteiger charge is 2.14. The Labute approximate surface area is 142 Å². The Kier molecular flexibility index (Phi) is 3.63. The number of carbonyl (C=O) groups is 1. The molecule has 6 heteroatoms. The predicted octanol–water partition coefficient (Wildman–Crippen LogP) is 4.21. The first-order chi connectivity index (χ1) is 11.7. The van der Waals surface area contributed by atoms with Crippen LogP contribution in [0.5, 0.6) is 0 Å². The summed E-state index contributed by atoms with van der Waals surface area (Å²) in [5, 5.41) is 9.08. The van der Waals surface area contributed by atoms with Gasteiger partial charge in [-0.25, -0.2) is 0 Å². The van der Waals surface area contributed by atoms with Gasteiger partial charge >= 0.3 is 0 Å². The van der Waals surface area contributed by atoms with Crippen LogP contribution < -0.4 is 5.32 Å². The van der Waals surface area contributed by atoms with E-state index in [1.807, 2.05) is 30.3 Å². The number of nitrogens with one attached hydrogen (secondary N) is 1. The molecular weight excluding hydrogens is 326 g/mol. The lowest BCUT2D eigenvalue weighted by Gasteiger charge is -2.08. The molecule has 4 aromatic rings. The van der Waals surface area contributed by atoms with Crippen LogP contribution in [-0.2, 0) is 11.2 Å². The van der Waals surface area contributed by atoms with Crippen molar-refractivity contribution in [3.63, 3.8) is 0 Å². The highest BCUT2D eigenvalue weighted by Crippen LogP contribution is 2.28. The van der Waals surface area contributed by atoms with Crippen molar-refractivity contribution in [2.45, 2.75) is 6.42 Å². The third-order valence-corrected chi connectivity index (χ3v) is 4.10. The third-order valence-electron chi connectivity index (χ3n) is 3.77. The molecule has 0 atom stereocenters. The zero-order valence-corrected chi connectivity index (χ0v) is 13.2. The second-order valence-electron chi connectivity index (χ2n) is 5.34. The van der Waals surface area contributed by atoms with Crippen molar-refractivity contribution < 1.29 is 9.32 Å². The van der Waals surface area contributed by atoms with E-state index in [0.29, 0.717) is 27.5 Å². The topological polar surface area (TPSA) is 68.0 Å². The zero-order chi connectivity index (χ0) is 16.5. The molecule has 5 nitrogen and oxygen atoms in total. The van der Waals surface area contributed by atoms with Crippen molar-refractivity contribution in [3.05, 3.63) is 65.4 Å². The van der Waals surface area contributed by atoms with Gasteiger partial charge in [-0.3, -0.25) is 9.78 Å². The molecule has 1 N–H and O–H groups in total. The maximum Gasteiger partial charge on any atom is 0.230 e. The Morgan fingerprint density at radius 2 is 1.92 bits per heavy atom. The summed E-state index contributed by atoms with van der Waals surface area (Å²) in [5.41, 5.74) is 2.55. The van der Waals surface area contributed by atoms with Crippen LogP contribution in [0.15, 0.2) is 59.3 Å². The number of para-hydroxylation sites is 1. The second kappa shape index (κ2) is 5.94. The van der Waals surface area contributed by atoms with Gasteiger partial charge in [0.05, 0.1) is 22.6 Å². The highest BCUT2D eigenvalue weighted by atomic mass is 35.5. The van der Waals surface area contributed by atoms with Crippen molar-refractivity contribution in [3.8, 4) is 0 Å². The molecule has 0 aliphatic rings. The summed E-state index contributed by atoms with van der Waals surface area (Å²) >= 11 is 6.17. The number of aromatic nitrogens is 2. The lowest BCUT2D eigenvalue weighted by atomic mass is 10.1. The molecule has 2 aromatic heterocycles. The van der Waals surface area contributed by atoms with Gasteiger partial charge in [0.1, 0.15) is 5.69 Å². The first kappa shape index (κ1) is 14.7. The van der Waals surface area contributed by atoms with Crippen LogP contribution in [0.3, 0.4) is 0 Å². The van der Waals surface area contributed by atoms with E-state index in [-0.39, 0.29) is 12.3 Å². The van der Waals surface area contributed by atoms with E-state index in [2.05, 4.69) is 15.5 Å². The van der Waals surface area contributed by atoms with Gasteiger partial charge in [0.2, 0.25) is 5.91 Å². The summed E-state index contributed by atoms with van der Waals surface area (Å²) in [4.78, 5) is 16.7. The highest BCUT2D eigenvalue weighted by molar-refractivity contribution is 6.35. The van der Waals surface area contributed by atoms with Gasteiger partial charge in [0.15, 0.2) is 5.58 Å². The number of nitrogens with zero attached hydrogens (tertiary/aromatic N) is 2. The molecule has 0 saturated heterocycles. The molecule has 0 saturated carbocycles. The average Bonchev–Trinajstić information content (AvgIpc) is 3.01. The lowest BCUT2D eigenvalue weighted by Crippen LogP contribution is -2.15. The van der Waals surface area contributed by atoms with Gasteiger partial charge in [-0.15, -0.1) is 0 Å². The Morgan fingerprint density at radius 1 is 1.08 bits per heavy atom. The number of rotatable bonds is 3. The zero-order valence-electron chi connectivity index (χ0n) is 12.5. The fourth-order valence-corrected chi connectivity index (χ4v) is 2.87. The lowest BCUT2D eigenvalue weighted by molar-refractivity contribution is -0.115. The fourth-order valence-electron chi connectivity index (χ4n) is 2.65. The normalized spacial score (nSPS) is 11.0. The van der Waals surface area contributed by atoms with E-state index in [9.17, 15) is 4.79 Å². The predicted molar refractivity (Wildman–Crippen MR) is 93.1 cm³/mol. The van der Waals surface area contributed by atoms with Crippen LogP contribution in [0, 0.1) is 0 Å². The number of halogens is 1.